The van der Waals surface area contributed by atoms with Gasteiger partial charge in [-0.2, -0.15) is 0 Å². The van der Waals surface area contributed by atoms with Crippen LogP contribution in [0.3, 0.4) is 0 Å². The van der Waals surface area contributed by atoms with E-state index in [0.29, 0.717) is 6.54 Å². The average molecular weight is 341 g/mol. The summed E-state index contributed by atoms with van der Waals surface area (Å²) in [5.41, 5.74) is 12.1. The molecule has 7 heteroatoms. The summed E-state index contributed by atoms with van der Waals surface area (Å²) >= 11 is 0. The van der Waals surface area contributed by atoms with E-state index in [4.69, 9.17) is 10.3 Å². The predicted molar refractivity (Wildman–Crippen MR) is 96.6 cm³/mol. The summed E-state index contributed by atoms with van der Waals surface area (Å²) in [5.74, 6) is 0.723. The van der Waals surface area contributed by atoms with Gasteiger partial charge in [0.05, 0.1) is 13.2 Å². The van der Waals surface area contributed by atoms with Crippen LogP contribution in [0.1, 0.15) is 37.6 Å². The Labute approximate surface area is 146 Å². The Hall–Kier alpha value is -2.66. The van der Waals surface area contributed by atoms with Crippen molar-refractivity contribution in [2.75, 3.05) is 20.2 Å². The number of amides is 1. The van der Waals surface area contributed by atoms with Crippen LogP contribution in [0.15, 0.2) is 23.3 Å². The summed E-state index contributed by atoms with van der Waals surface area (Å²) in [6, 6.07) is 6.12. The zero-order valence-electron chi connectivity index (χ0n) is 14.9. The SMILES string of the molecule is CCCn1c2c(c3cc(OC)ccc31)CCN(C(=O)CN=[N+]=[N-])C2C. The van der Waals surface area contributed by atoms with Crippen molar-refractivity contribution < 1.29 is 9.53 Å². The molecule has 1 atom stereocenters. The van der Waals surface area contributed by atoms with Crippen LogP contribution in [0.4, 0.5) is 0 Å². The Kier molecular flexibility index (Phi) is 4.86. The normalized spacial score (nSPS) is 16.4. The third-order valence-corrected chi connectivity index (χ3v) is 4.92. The first kappa shape index (κ1) is 17.2. The fraction of sp³-hybridized carbons (Fsp3) is 0.500. The first-order chi connectivity index (χ1) is 12.1. The van der Waals surface area contributed by atoms with E-state index in [1.807, 2.05) is 17.9 Å². The van der Waals surface area contributed by atoms with Crippen LogP contribution < -0.4 is 4.74 Å². The number of carbonyl (C=O) groups is 1. The lowest BCUT2D eigenvalue weighted by Crippen LogP contribution is -2.40. The van der Waals surface area contributed by atoms with Crippen molar-refractivity contribution in [3.8, 4) is 5.75 Å². The zero-order valence-corrected chi connectivity index (χ0v) is 14.9. The number of carbonyl (C=O) groups excluding carboxylic acids is 1. The summed E-state index contributed by atoms with van der Waals surface area (Å²) in [6.07, 6.45) is 1.81. The molecule has 1 aliphatic rings. The van der Waals surface area contributed by atoms with Gasteiger partial charge in [0.25, 0.3) is 0 Å². The number of ether oxygens (including phenoxy) is 1. The average Bonchev–Trinajstić information content (AvgIpc) is 2.94. The Morgan fingerprint density at radius 1 is 1.48 bits per heavy atom. The summed E-state index contributed by atoms with van der Waals surface area (Å²) in [5, 5.41) is 4.63. The molecular weight excluding hydrogens is 318 g/mol. The summed E-state index contributed by atoms with van der Waals surface area (Å²) in [7, 11) is 1.68. The highest BCUT2D eigenvalue weighted by Crippen LogP contribution is 2.38. The van der Waals surface area contributed by atoms with Gasteiger partial charge < -0.3 is 14.2 Å². The Morgan fingerprint density at radius 2 is 2.28 bits per heavy atom. The monoisotopic (exact) mass is 341 g/mol. The van der Waals surface area contributed by atoms with Crippen molar-refractivity contribution in [1.82, 2.24) is 9.47 Å². The third kappa shape index (κ3) is 2.91. The lowest BCUT2D eigenvalue weighted by Gasteiger charge is -2.35. The minimum Gasteiger partial charge on any atom is -0.497 e. The minimum absolute atomic E-state index is 0.0462. The molecule has 1 unspecified atom stereocenters. The van der Waals surface area contributed by atoms with E-state index in [0.717, 1.165) is 25.1 Å². The van der Waals surface area contributed by atoms with Crippen LogP contribution in [-0.4, -0.2) is 35.6 Å². The highest BCUT2D eigenvalue weighted by Gasteiger charge is 2.32. The first-order valence-electron chi connectivity index (χ1n) is 8.61. The van der Waals surface area contributed by atoms with E-state index >= 15 is 0 Å². The number of methoxy groups -OCH3 is 1. The predicted octanol–water partition coefficient (Wildman–Crippen LogP) is 3.82. The van der Waals surface area contributed by atoms with Gasteiger partial charge in [-0.25, -0.2) is 0 Å². The lowest BCUT2D eigenvalue weighted by molar-refractivity contribution is -0.132. The highest BCUT2D eigenvalue weighted by molar-refractivity contribution is 5.88. The molecule has 1 amide bonds. The molecule has 1 aliphatic heterocycles. The molecule has 7 nitrogen and oxygen atoms in total. The van der Waals surface area contributed by atoms with Crippen molar-refractivity contribution in [3.63, 3.8) is 0 Å². The van der Waals surface area contributed by atoms with Crippen molar-refractivity contribution in [2.24, 2.45) is 5.11 Å². The molecule has 0 saturated heterocycles. The van der Waals surface area contributed by atoms with Crippen LogP contribution in [0.2, 0.25) is 0 Å². The molecule has 2 aromatic rings. The molecule has 0 spiro atoms. The van der Waals surface area contributed by atoms with Gasteiger partial charge >= 0.3 is 0 Å². The number of aryl methyl sites for hydroxylation is 1. The van der Waals surface area contributed by atoms with Crippen molar-refractivity contribution in [1.29, 1.82) is 0 Å². The third-order valence-electron chi connectivity index (χ3n) is 4.92. The lowest BCUT2D eigenvalue weighted by atomic mass is 9.98. The van der Waals surface area contributed by atoms with Crippen molar-refractivity contribution in [2.45, 2.75) is 39.3 Å². The summed E-state index contributed by atoms with van der Waals surface area (Å²) in [4.78, 5) is 16.9. The first-order valence-corrected chi connectivity index (χ1v) is 8.61. The zero-order chi connectivity index (χ0) is 18.0. The summed E-state index contributed by atoms with van der Waals surface area (Å²) in [6.45, 7) is 5.61. The Balaban J connectivity index is 2.10. The van der Waals surface area contributed by atoms with Gasteiger partial charge in [0.15, 0.2) is 0 Å². The standard InChI is InChI=1S/C18H23N5O2/c1-4-8-23-16-6-5-13(25-3)10-15(16)14-7-9-22(12(2)18(14)23)17(24)11-20-21-19/h5-6,10,12H,4,7-9,11H2,1-3H3. The van der Waals surface area contributed by atoms with Crippen molar-refractivity contribution >= 4 is 16.8 Å². The number of aromatic nitrogens is 1. The number of nitrogens with zero attached hydrogens (tertiary/aromatic N) is 5. The smallest absolute Gasteiger partial charge is 0.229 e. The summed E-state index contributed by atoms with van der Waals surface area (Å²) < 4.78 is 7.71. The van der Waals surface area contributed by atoms with Crippen molar-refractivity contribution in [3.05, 3.63) is 39.9 Å². The molecule has 25 heavy (non-hydrogen) atoms. The molecule has 0 N–H and O–H groups in total. The topological polar surface area (TPSA) is 83.2 Å². The molecule has 0 fully saturated rings. The molecule has 1 aromatic heterocycles. The van der Waals surface area contributed by atoms with Crippen LogP contribution in [0.25, 0.3) is 21.3 Å². The second kappa shape index (κ2) is 7.07. The van der Waals surface area contributed by atoms with Gasteiger partial charge in [0.2, 0.25) is 5.91 Å². The van der Waals surface area contributed by atoms with Crippen LogP contribution in [0.5, 0.6) is 5.75 Å². The minimum atomic E-state index is -0.127. The largest absolute Gasteiger partial charge is 0.497 e. The molecule has 0 bridgehead atoms. The molecule has 0 aliphatic carbocycles. The molecule has 0 saturated carbocycles. The molecule has 132 valence electrons. The van der Waals surface area contributed by atoms with Crippen LogP contribution in [0, 0.1) is 0 Å². The van der Waals surface area contributed by atoms with E-state index in [9.17, 15) is 4.79 Å². The van der Waals surface area contributed by atoms with E-state index in [1.54, 1.807) is 7.11 Å². The van der Waals surface area contributed by atoms with Gasteiger partial charge in [-0.05, 0) is 49.1 Å². The van der Waals surface area contributed by atoms with E-state index < -0.39 is 0 Å². The maximum atomic E-state index is 12.4. The fourth-order valence-corrected chi connectivity index (χ4v) is 3.85. The number of hydrogen-bond donors (Lipinski definition) is 0. The van der Waals surface area contributed by atoms with Crippen LogP contribution >= 0.6 is 0 Å². The van der Waals surface area contributed by atoms with Gasteiger partial charge in [-0.1, -0.05) is 12.0 Å². The maximum Gasteiger partial charge on any atom is 0.229 e. The number of rotatable bonds is 5. The van der Waals surface area contributed by atoms with E-state index in [2.05, 4.69) is 33.6 Å². The van der Waals surface area contributed by atoms with Crippen LogP contribution in [-0.2, 0) is 17.8 Å². The van der Waals surface area contributed by atoms with Gasteiger partial charge in [-0.15, -0.1) is 0 Å². The number of azide groups is 1. The molecule has 0 radical (unpaired) electrons. The second-order valence-corrected chi connectivity index (χ2v) is 6.30. The number of hydrogen-bond acceptors (Lipinski definition) is 3. The Morgan fingerprint density at radius 3 is 2.96 bits per heavy atom. The molecule has 1 aromatic carbocycles. The molecular formula is C18H23N5O2. The quantitative estimate of drug-likeness (QED) is 0.470. The van der Waals surface area contributed by atoms with Gasteiger partial charge in [0.1, 0.15) is 12.3 Å². The highest BCUT2D eigenvalue weighted by atomic mass is 16.5. The fourth-order valence-electron chi connectivity index (χ4n) is 3.85. The molecule has 2 heterocycles. The van der Waals surface area contributed by atoms with E-state index in [-0.39, 0.29) is 18.5 Å². The maximum absolute atomic E-state index is 12.4. The second-order valence-electron chi connectivity index (χ2n) is 6.30. The number of benzene rings is 1. The van der Waals surface area contributed by atoms with Gasteiger partial charge in [0, 0.05) is 34.6 Å². The molecule has 3 rings (SSSR count). The van der Waals surface area contributed by atoms with Gasteiger partial charge in [-0.3, -0.25) is 4.79 Å². The Bertz CT molecular complexity index is 851. The number of fused-ring (bicyclic) bond motifs is 3. The van der Waals surface area contributed by atoms with E-state index in [1.165, 1.54) is 22.2 Å².